The summed E-state index contributed by atoms with van der Waals surface area (Å²) in [6, 6.07) is 0. The molecule has 0 amide bonds. The van der Waals surface area contributed by atoms with Crippen LogP contribution >= 0.6 is 14.1 Å². The zero-order valence-corrected chi connectivity index (χ0v) is 6.93. The van der Waals surface area contributed by atoms with E-state index < -0.39 is 0 Å². The SMILES string of the molecule is [Br][AlH][N]1[B]CCO1. The van der Waals surface area contributed by atoms with Crippen molar-refractivity contribution in [3.05, 3.63) is 0 Å². The molecule has 1 saturated heterocycles. The van der Waals surface area contributed by atoms with Gasteiger partial charge in [-0.3, -0.25) is 0 Å². The maximum Gasteiger partial charge on any atom is 0.458 e. The highest BCUT2D eigenvalue weighted by Gasteiger charge is 2.12. The van der Waals surface area contributed by atoms with Crippen LogP contribution in [0.5, 0.6) is 0 Å². The number of nitrogens with zero attached hydrogens (tertiary/aromatic N) is 1. The van der Waals surface area contributed by atoms with E-state index >= 15 is 0 Å². The van der Waals surface area contributed by atoms with Gasteiger partial charge >= 0.3 is 13.6 Å². The van der Waals surface area contributed by atoms with Gasteiger partial charge in [0.25, 0.3) is 0 Å². The van der Waals surface area contributed by atoms with Crippen LogP contribution in [0.4, 0.5) is 0 Å². The van der Waals surface area contributed by atoms with Gasteiger partial charge in [0.05, 0.1) is 6.61 Å². The predicted molar refractivity (Wildman–Crippen MR) is 34.4 cm³/mol. The first-order valence-electron chi connectivity index (χ1n) is 2.22. The van der Waals surface area contributed by atoms with Crippen LogP contribution in [-0.4, -0.2) is 31.6 Å². The Morgan fingerprint density at radius 2 is 2.71 bits per heavy atom. The van der Waals surface area contributed by atoms with Gasteiger partial charge in [-0.15, -0.1) is 0 Å². The second-order valence-corrected chi connectivity index (χ2v) is 3.71. The van der Waals surface area contributed by atoms with Crippen LogP contribution in [-0.2, 0) is 4.84 Å². The Morgan fingerprint density at radius 1 is 1.86 bits per heavy atom. The number of rotatable bonds is 1. The van der Waals surface area contributed by atoms with Crippen molar-refractivity contribution in [1.29, 1.82) is 0 Å². The maximum atomic E-state index is 5.09. The van der Waals surface area contributed by atoms with Crippen molar-refractivity contribution in [3.8, 4) is 0 Å². The summed E-state index contributed by atoms with van der Waals surface area (Å²) >= 11 is 3.14. The number of halogens is 1. The van der Waals surface area contributed by atoms with Gasteiger partial charge in [0, 0.05) is 0 Å². The van der Waals surface area contributed by atoms with Crippen molar-refractivity contribution < 1.29 is 4.84 Å². The molecule has 0 aromatic carbocycles. The Bertz CT molecular complexity index is 59.7. The van der Waals surface area contributed by atoms with E-state index in [1.165, 1.54) is 0 Å². The Kier molecular flexibility index (Phi) is 2.72. The topological polar surface area (TPSA) is 12.5 Å². The van der Waals surface area contributed by atoms with Crippen molar-refractivity contribution in [2.75, 3.05) is 6.61 Å². The Hall–Kier alpha value is 0.997. The van der Waals surface area contributed by atoms with Gasteiger partial charge in [0.15, 0.2) is 0 Å². The summed E-state index contributed by atoms with van der Waals surface area (Å²) in [7, 11) is 2.08. The van der Waals surface area contributed by atoms with Crippen molar-refractivity contribution >= 4 is 35.1 Å². The standard InChI is InChI=1S/C2H4BNO.Al.BrH.H/c1-2-5-4-3-1;;;/h1-2H2;;1H;/q-1;+2;;/p-1. The first-order valence-corrected chi connectivity index (χ1v) is 6.75. The Balaban J connectivity index is 2.14. The molecule has 0 spiro atoms. The third-order valence-electron chi connectivity index (χ3n) is 0.825. The molecule has 5 heteroatoms. The molecular formula is C2H5AlBBrNO. The number of hydrogen-bond acceptors (Lipinski definition) is 2. The average Bonchev–Trinajstić information content (AvgIpc) is 2.14. The third kappa shape index (κ3) is 1.75. The second-order valence-electron chi connectivity index (χ2n) is 1.34. The zero-order chi connectivity index (χ0) is 5.11. The molecule has 1 rings (SSSR count). The van der Waals surface area contributed by atoms with Crippen LogP contribution in [0.3, 0.4) is 0 Å². The predicted octanol–water partition coefficient (Wildman–Crippen LogP) is -0.0675. The molecule has 7 heavy (non-hydrogen) atoms. The third-order valence-corrected chi connectivity index (χ3v) is 2.98. The molecule has 1 fully saturated rings. The minimum atomic E-state index is -0.242. The van der Waals surface area contributed by atoms with E-state index in [0.29, 0.717) is 0 Å². The molecule has 1 radical (unpaired) electrons. The monoisotopic (exact) mass is 176 g/mol. The lowest BCUT2D eigenvalue weighted by molar-refractivity contribution is 0.0135. The van der Waals surface area contributed by atoms with Gasteiger partial charge in [-0.05, 0) is 6.32 Å². The van der Waals surface area contributed by atoms with E-state index in [4.69, 9.17) is 4.84 Å². The highest BCUT2D eigenvalue weighted by Crippen LogP contribution is 2.01. The van der Waals surface area contributed by atoms with Gasteiger partial charge in [-0.25, -0.2) is 0 Å². The molecule has 2 nitrogen and oxygen atoms in total. The molecule has 0 unspecified atom stereocenters. The van der Waals surface area contributed by atoms with E-state index in [1.54, 1.807) is 0 Å². The van der Waals surface area contributed by atoms with Gasteiger partial charge < -0.3 is 8.80 Å². The van der Waals surface area contributed by atoms with Gasteiger partial charge in [-0.1, -0.05) is 0 Å². The lowest BCUT2D eigenvalue weighted by Crippen LogP contribution is -2.20. The molecule has 0 saturated carbocycles. The fourth-order valence-electron chi connectivity index (χ4n) is 0.503. The quantitative estimate of drug-likeness (QED) is 0.519. The van der Waals surface area contributed by atoms with Crippen molar-refractivity contribution in [2.45, 2.75) is 6.32 Å². The van der Waals surface area contributed by atoms with Crippen molar-refractivity contribution in [2.24, 2.45) is 0 Å². The molecule has 0 aromatic heterocycles. The van der Waals surface area contributed by atoms with Gasteiger partial charge in [0.1, 0.15) is 0 Å². The Labute approximate surface area is 57.0 Å². The molecule has 37 valence electrons. The molecule has 1 heterocycles. The highest BCUT2D eigenvalue weighted by molar-refractivity contribution is 9.23. The lowest BCUT2D eigenvalue weighted by Gasteiger charge is -2.05. The molecule has 1 aliphatic heterocycles. The first-order chi connectivity index (χ1) is 3.43. The lowest BCUT2D eigenvalue weighted by atomic mass is 9.94. The van der Waals surface area contributed by atoms with Gasteiger partial charge in [0.2, 0.25) is 7.41 Å². The molecule has 0 aromatic rings. The van der Waals surface area contributed by atoms with Crippen LogP contribution in [0.2, 0.25) is 6.32 Å². The van der Waals surface area contributed by atoms with Gasteiger partial charge in [-0.2, -0.15) is 14.1 Å². The Morgan fingerprint density at radius 3 is 3.00 bits per heavy atom. The van der Waals surface area contributed by atoms with E-state index in [2.05, 4.69) is 21.5 Å². The minimum Gasteiger partial charge on any atom is -0.332 e. The summed E-state index contributed by atoms with van der Waals surface area (Å²) in [5.41, 5.74) is 0. The van der Waals surface area contributed by atoms with Crippen LogP contribution < -0.4 is 0 Å². The first kappa shape index (κ1) is 6.12. The smallest absolute Gasteiger partial charge is 0.332 e. The van der Waals surface area contributed by atoms with Crippen LogP contribution in [0.15, 0.2) is 0 Å². The van der Waals surface area contributed by atoms with Crippen molar-refractivity contribution in [1.82, 2.24) is 3.96 Å². The van der Waals surface area contributed by atoms with E-state index in [9.17, 15) is 0 Å². The fraction of sp³-hybridized carbons (Fsp3) is 1.00. The van der Waals surface area contributed by atoms with E-state index in [1.807, 2.05) is 3.96 Å². The zero-order valence-electron chi connectivity index (χ0n) is 3.93. The fourth-order valence-corrected chi connectivity index (χ4v) is 2.03. The molecule has 1 aliphatic rings. The highest BCUT2D eigenvalue weighted by atomic mass is 79.9. The van der Waals surface area contributed by atoms with Crippen molar-refractivity contribution in [3.63, 3.8) is 0 Å². The summed E-state index contributed by atoms with van der Waals surface area (Å²) in [5, 5.41) is 0. The summed E-state index contributed by atoms with van der Waals surface area (Å²) < 4.78 is 1.92. The second kappa shape index (κ2) is 3.11. The summed E-state index contributed by atoms with van der Waals surface area (Å²) in [6.07, 6.45) is 1.08. The van der Waals surface area contributed by atoms with Crippen LogP contribution in [0.25, 0.3) is 0 Å². The average molecular weight is 177 g/mol. The molecule has 0 N–H and O–H groups in total. The van der Waals surface area contributed by atoms with E-state index in [0.717, 1.165) is 12.9 Å². The normalized spacial score (nSPS) is 21.9. The maximum absolute atomic E-state index is 5.09. The summed E-state index contributed by atoms with van der Waals surface area (Å²) in [6.45, 7) is 0.874. The molecule has 0 aliphatic carbocycles. The van der Waals surface area contributed by atoms with Crippen LogP contribution in [0.1, 0.15) is 0 Å². The molecule has 0 bridgehead atoms. The summed E-state index contributed by atoms with van der Waals surface area (Å²) in [5.74, 6) is 0. The molecule has 0 atom stereocenters. The number of hydrogen-bond donors (Lipinski definition) is 0. The minimum absolute atomic E-state index is 0.242. The van der Waals surface area contributed by atoms with E-state index in [-0.39, 0.29) is 13.6 Å². The van der Waals surface area contributed by atoms with Crippen LogP contribution in [0, 0.1) is 0 Å². The summed E-state index contributed by atoms with van der Waals surface area (Å²) in [4.78, 5) is 5.09. The molecular weight excluding hydrogens is 172 g/mol. The largest absolute Gasteiger partial charge is 0.458 e.